The van der Waals surface area contributed by atoms with E-state index >= 15 is 0 Å². The van der Waals surface area contributed by atoms with Gasteiger partial charge in [0.25, 0.3) is 10.0 Å². The Bertz CT molecular complexity index is 1640. The van der Waals surface area contributed by atoms with Gasteiger partial charge in [-0.15, -0.1) is 11.3 Å². The number of fused-ring (bicyclic) bond motifs is 3. The molecule has 2 unspecified atom stereocenters. The molecule has 3 atom stereocenters. The van der Waals surface area contributed by atoms with Crippen molar-refractivity contribution in [1.82, 2.24) is 19.8 Å². The topological polar surface area (TPSA) is 151 Å². The molecule has 12 nitrogen and oxygen atoms in total. The molecule has 0 bridgehead atoms. The Balaban J connectivity index is 0.000000175. The fourth-order valence-corrected chi connectivity index (χ4v) is 8.80. The summed E-state index contributed by atoms with van der Waals surface area (Å²) < 4.78 is 34.5. The molecule has 4 amide bonds. The van der Waals surface area contributed by atoms with E-state index in [9.17, 15) is 27.6 Å². The van der Waals surface area contributed by atoms with E-state index in [-0.39, 0.29) is 50.0 Å². The summed E-state index contributed by atoms with van der Waals surface area (Å²) in [4.78, 5) is 49.4. The Labute approximate surface area is 305 Å². The van der Waals surface area contributed by atoms with Crippen LogP contribution < -0.4 is 10.0 Å². The molecule has 1 aliphatic carbocycles. The van der Waals surface area contributed by atoms with Gasteiger partial charge >= 0.3 is 6.09 Å². The molecule has 3 aliphatic heterocycles. The summed E-state index contributed by atoms with van der Waals surface area (Å²) >= 11 is 18.0. The average molecular weight is 778 g/mol. The van der Waals surface area contributed by atoms with Gasteiger partial charge < -0.3 is 19.7 Å². The van der Waals surface area contributed by atoms with Crippen molar-refractivity contribution in [1.29, 1.82) is 0 Å². The molecule has 17 heteroatoms. The first-order valence-corrected chi connectivity index (χ1v) is 19.2. The number of rotatable bonds is 3. The van der Waals surface area contributed by atoms with E-state index in [4.69, 9.17) is 39.5 Å². The lowest BCUT2D eigenvalue weighted by Crippen LogP contribution is -2.52. The third-order valence-corrected chi connectivity index (χ3v) is 11.7. The number of sulfonamides is 1. The fraction of sp³-hybridized carbons (Fsp3) is 0.500. The summed E-state index contributed by atoms with van der Waals surface area (Å²) in [7, 11) is -2.46. The second kappa shape index (κ2) is 18.4. The summed E-state index contributed by atoms with van der Waals surface area (Å²) in [6.07, 6.45) is 10.1. The third-order valence-electron chi connectivity index (χ3n) is 8.26. The number of piperidine rings is 1. The third kappa shape index (κ3) is 11.1. The number of hydrogen-bond acceptors (Lipinski definition) is 9. The number of benzene rings is 1. The van der Waals surface area contributed by atoms with Crippen molar-refractivity contribution in [2.24, 2.45) is 5.92 Å². The van der Waals surface area contributed by atoms with Crippen molar-refractivity contribution in [3.63, 3.8) is 0 Å². The van der Waals surface area contributed by atoms with Gasteiger partial charge in [-0.3, -0.25) is 24.0 Å². The van der Waals surface area contributed by atoms with Gasteiger partial charge in [0.2, 0.25) is 18.2 Å². The highest BCUT2D eigenvalue weighted by atomic mass is 35.5. The first-order valence-electron chi connectivity index (χ1n) is 15.8. The van der Waals surface area contributed by atoms with Crippen LogP contribution in [0.25, 0.3) is 0 Å². The molecular formula is C32H39Cl3N4O8S2. The number of methoxy groups -OCH3 is 1. The molecule has 6 rings (SSSR count). The van der Waals surface area contributed by atoms with Crippen LogP contribution >= 0.6 is 46.1 Å². The summed E-state index contributed by atoms with van der Waals surface area (Å²) in [5, 5.41) is 3.84. The quantitative estimate of drug-likeness (QED) is 0.305. The lowest BCUT2D eigenvalue weighted by Gasteiger charge is -2.35. The van der Waals surface area contributed by atoms with Crippen LogP contribution in [0.4, 0.5) is 4.79 Å². The van der Waals surface area contributed by atoms with Crippen LogP contribution in [0.1, 0.15) is 56.1 Å². The van der Waals surface area contributed by atoms with Crippen LogP contribution in [0.5, 0.6) is 0 Å². The maximum Gasteiger partial charge on any atom is 0.410 e. The van der Waals surface area contributed by atoms with Gasteiger partial charge in [0.1, 0.15) is 15.3 Å². The average Bonchev–Trinajstić information content (AvgIpc) is 3.47. The summed E-state index contributed by atoms with van der Waals surface area (Å²) in [6, 6.07) is 6.87. The Hall–Kier alpha value is -2.88. The van der Waals surface area contributed by atoms with Crippen molar-refractivity contribution in [2.45, 2.75) is 75.0 Å². The largest absolute Gasteiger partial charge is 0.453 e. The molecular weight excluding hydrogens is 739 g/mol. The molecule has 2 fully saturated rings. The van der Waals surface area contributed by atoms with Gasteiger partial charge in [-0.2, -0.15) is 0 Å². The number of hydrogen-bond donors (Lipinski definition) is 2. The molecule has 2 N–H and O–H groups in total. The van der Waals surface area contributed by atoms with Gasteiger partial charge in [0, 0.05) is 37.2 Å². The lowest BCUT2D eigenvalue weighted by molar-refractivity contribution is -0.142. The van der Waals surface area contributed by atoms with Gasteiger partial charge in [0.15, 0.2) is 0 Å². The van der Waals surface area contributed by atoms with E-state index in [0.717, 1.165) is 61.0 Å². The van der Waals surface area contributed by atoms with Crippen molar-refractivity contribution in [2.75, 3.05) is 26.9 Å². The Morgan fingerprint density at radius 2 is 1.94 bits per heavy atom. The van der Waals surface area contributed by atoms with E-state index in [1.54, 1.807) is 14.5 Å². The molecule has 1 saturated carbocycles. The van der Waals surface area contributed by atoms with Crippen LogP contribution in [-0.4, -0.2) is 81.5 Å². The molecule has 4 aliphatic rings. The molecule has 1 aromatic carbocycles. The van der Waals surface area contributed by atoms with Crippen molar-refractivity contribution in [3.05, 3.63) is 61.2 Å². The smallest absolute Gasteiger partial charge is 0.410 e. The molecule has 0 spiro atoms. The monoisotopic (exact) mass is 776 g/mol. The number of carbonyl (C=O) groups excluding carboxylic acids is 4. The SMILES string of the molecule is COC(=O)N1Cc2cccc(Cl)c2C1.O=C1NC2C[C@H]2/C=C\CCOCCCC(=O)N2CCCCC12.O=CNS(=O)(=O)c1cc(Cl)sc1Cl. The maximum absolute atomic E-state index is 12.5. The zero-order valence-electron chi connectivity index (χ0n) is 26.9. The molecule has 1 saturated heterocycles. The van der Waals surface area contributed by atoms with Gasteiger partial charge in [-0.25, -0.2) is 13.2 Å². The maximum atomic E-state index is 12.5. The highest BCUT2D eigenvalue weighted by molar-refractivity contribution is 7.90. The second-order valence-corrected chi connectivity index (χ2v) is 16.1. The van der Waals surface area contributed by atoms with E-state index < -0.39 is 10.0 Å². The number of halogens is 3. The zero-order chi connectivity index (χ0) is 35.6. The zero-order valence-corrected chi connectivity index (χ0v) is 30.8. The van der Waals surface area contributed by atoms with E-state index in [2.05, 4.69) is 22.2 Å². The van der Waals surface area contributed by atoms with E-state index in [1.165, 1.54) is 13.2 Å². The number of thiophene rings is 1. The Morgan fingerprint density at radius 3 is 2.63 bits per heavy atom. The minimum Gasteiger partial charge on any atom is -0.453 e. The molecule has 0 radical (unpaired) electrons. The van der Waals surface area contributed by atoms with Crippen LogP contribution in [0, 0.1) is 5.92 Å². The Morgan fingerprint density at radius 1 is 1.14 bits per heavy atom. The molecule has 49 heavy (non-hydrogen) atoms. The van der Waals surface area contributed by atoms with E-state index in [0.29, 0.717) is 50.2 Å². The van der Waals surface area contributed by atoms with Crippen molar-refractivity contribution >= 4 is 80.5 Å². The van der Waals surface area contributed by atoms with Crippen LogP contribution in [-0.2, 0) is 47.0 Å². The first-order chi connectivity index (χ1) is 23.4. The number of ether oxygens (including phenoxy) is 2. The van der Waals surface area contributed by atoms with Crippen LogP contribution in [0.2, 0.25) is 13.7 Å². The van der Waals surface area contributed by atoms with Gasteiger partial charge in [0.05, 0.1) is 24.6 Å². The normalized spacial score (nSPS) is 22.9. The standard InChI is InChI=1S/C17H26N2O3.C10H10ClNO2.C5H3Cl2NO3S2/c20-16-8-5-11-22-10-4-2-6-13-12-14(13)18-17(21)15-7-1-3-9-19(15)16;1-14-10(13)12-5-7-3-2-4-9(11)8(7)6-12;6-4-1-3(5(7)12-4)13(10,11)8-2-9/h2,6,13-15H,1,3-5,7-12H2,(H,18,21);2-4H,5-6H2,1H3;1-2H,(H,8,9)/b6-2-;;/t13-,14?,15?;;/m1../s1. The van der Waals surface area contributed by atoms with Gasteiger partial charge in [-0.1, -0.05) is 59.1 Å². The molecule has 1 aromatic heterocycles. The number of amides is 4. The van der Waals surface area contributed by atoms with E-state index in [1.807, 2.05) is 18.2 Å². The fourth-order valence-electron chi connectivity index (χ4n) is 5.64. The van der Waals surface area contributed by atoms with Crippen molar-refractivity contribution < 1.29 is 37.1 Å². The highest BCUT2D eigenvalue weighted by Crippen LogP contribution is 2.34. The molecule has 4 heterocycles. The predicted octanol–water partition coefficient (Wildman–Crippen LogP) is 5.54. The van der Waals surface area contributed by atoms with Crippen molar-refractivity contribution in [3.8, 4) is 0 Å². The summed E-state index contributed by atoms with van der Waals surface area (Å²) in [5.74, 6) is 0.602. The summed E-state index contributed by atoms with van der Waals surface area (Å²) in [5.41, 5.74) is 2.13. The van der Waals surface area contributed by atoms with Crippen LogP contribution in [0.3, 0.4) is 0 Å². The lowest BCUT2D eigenvalue weighted by atomic mass is 10.0. The van der Waals surface area contributed by atoms with Crippen LogP contribution in [0.15, 0.2) is 41.3 Å². The number of nitrogens with one attached hydrogen (secondary N) is 2. The number of carbonyl (C=O) groups is 4. The number of nitrogens with zero attached hydrogens (tertiary/aromatic N) is 2. The molecule has 268 valence electrons. The second-order valence-electron chi connectivity index (χ2n) is 11.7. The van der Waals surface area contributed by atoms with Gasteiger partial charge in [-0.05, 0) is 67.7 Å². The molecule has 2 aromatic rings. The highest BCUT2D eigenvalue weighted by Gasteiger charge is 2.39. The minimum absolute atomic E-state index is 0.0272. The Kier molecular flexibility index (Phi) is 14.6. The summed E-state index contributed by atoms with van der Waals surface area (Å²) in [6.45, 7) is 3.17. The first kappa shape index (κ1) is 38.9. The minimum atomic E-state index is -3.84. The predicted molar refractivity (Wildman–Crippen MR) is 187 cm³/mol.